The van der Waals surface area contributed by atoms with Crippen molar-refractivity contribution < 1.29 is 28.2 Å². The third-order valence-corrected chi connectivity index (χ3v) is 7.80. The Bertz CT molecular complexity index is 974. The molecule has 0 aromatic heterocycles. The number of halogens is 3. The Hall–Kier alpha value is -2.10. The molecular formula is C23H24F2INO4. The number of aliphatic carboxylic acids is 1. The van der Waals surface area contributed by atoms with E-state index in [0.29, 0.717) is 24.9 Å². The van der Waals surface area contributed by atoms with Crippen molar-refractivity contribution in [3.8, 4) is 0 Å². The van der Waals surface area contributed by atoms with Crippen molar-refractivity contribution in [3.63, 3.8) is 0 Å². The molecule has 0 radical (unpaired) electrons. The van der Waals surface area contributed by atoms with Gasteiger partial charge in [0, 0.05) is 18.5 Å². The highest BCUT2D eigenvalue weighted by atomic mass is 127. The number of carbonyl (C=O) groups excluding carboxylic acids is 1. The van der Waals surface area contributed by atoms with Gasteiger partial charge in [-0.25, -0.2) is 4.79 Å². The first kappa shape index (κ1) is 22.1. The zero-order valence-corrected chi connectivity index (χ0v) is 19.1. The van der Waals surface area contributed by atoms with Crippen LogP contribution in [0.5, 0.6) is 0 Å². The van der Waals surface area contributed by atoms with Gasteiger partial charge in [0.2, 0.25) is 0 Å². The first-order chi connectivity index (χ1) is 14.8. The first-order valence-electron chi connectivity index (χ1n) is 10.3. The van der Waals surface area contributed by atoms with Crippen LogP contribution in [-0.2, 0) is 18.3 Å². The molecule has 5 nitrogen and oxygen atoms in total. The molecule has 31 heavy (non-hydrogen) atoms. The molecular weight excluding hydrogens is 519 g/mol. The summed E-state index contributed by atoms with van der Waals surface area (Å²) >= 11 is -1.55. The summed E-state index contributed by atoms with van der Waals surface area (Å²) in [5.41, 5.74) is 1.60. The van der Waals surface area contributed by atoms with Crippen LogP contribution in [0.15, 0.2) is 47.7 Å². The number of hydrogen-bond donors (Lipinski definition) is 1. The second-order valence-electron chi connectivity index (χ2n) is 8.10. The van der Waals surface area contributed by atoms with E-state index in [1.54, 1.807) is 18.2 Å². The van der Waals surface area contributed by atoms with Crippen LogP contribution in [0.1, 0.15) is 49.3 Å². The highest BCUT2D eigenvalue weighted by Crippen LogP contribution is 2.41. The van der Waals surface area contributed by atoms with Gasteiger partial charge >= 0.3 is 9.90 Å². The second kappa shape index (κ2) is 8.80. The molecule has 3 aliphatic rings. The highest BCUT2D eigenvalue weighted by Gasteiger charge is 2.41. The number of carboxylic acids is 1. The SMILES string of the molecule is C=IC(F)(F)c1cccc(C2CC=C(C(=O)N3CC4=CCCCC4CC3C(=O)O)O2)c1. The van der Waals surface area contributed by atoms with E-state index in [0.717, 1.165) is 24.8 Å². The molecule has 2 heterocycles. The molecule has 0 saturated carbocycles. The number of fused-ring (bicyclic) bond motifs is 1. The fourth-order valence-corrected chi connectivity index (χ4v) is 5.33. The lowest BCUT2D eigenvalue weighted by Crippen LogP contribution is -2.51. The van der Waals surface area contributed by atoms with Crippen molar-refractivity contribution in [2.75, 3.05) is 6.54 Å². The number of nitrogens with zero attached hydrogens (tertiary/aromatic N) is 1. The van der Waals surface area contributed by atoms with Crippen LogP contribution in [0.2, 0.25) is 0 Å². The molecule has 1 aromatic carbocycles. The number of piperidine rings is 1. The zero-order valence-electron chi connectivity index (χ0n) is 16.9. The summed E-state index contributed by atoms with van der Waals surface area (Å²) < 4.78 is 34.5. The fourth-order valence-electron chi connectivity index (χ4n) is 4.56. The van der Waals surface area contributed by atoms with Gasteiger partial charge in [-0.3, -0.25) is 4.79 Å². The van der Waals surface area contributed by atoms with E-state index in [1.165, 1.54) is 17.0 Å². The van der Waals surface area contributed by atoms with Gasteiger partial charge in [-0.2, -0.15) is 8.78 Å². The van der Waals surface area contributed by atoms with E-state index < -0.39 is 48.7 Å². The van der Waals surface area contributed by atoms with Crippen molar-refractivity contribution in [1.29, 1.82) is 0 Å². The maximum Gasteiger partial charge on any atom is 0.326 e. The molecule has 166 valence electrons. The molecule has 0 spiro atoms. The molecule has 3 unspecified atom stereocenters. The predicted molar refractivity (Wildman–Crippen MR) is 121 cm³/mol. The average Bonchev–Trinajstić information content (AvgIpc) is 3.28. The van der Waals surface area contributed by atoms with Gasteiger partial charge in [-0.05, 0) is 70.0 Å². The summed E-state index contributed by atoms with van der Waals surface area (Å²) in [6, 6.07) is 5.16. The summed E-state index contributed by atoms with van der Waals surface area (Å²) in [6.07, 6.45) is 6.92. The van der Waals surface area contributed by atoms with E-state index in [2.05, 4.69) is 10.6 Å². The Morgan fingerprint density at radius 2 is 2.10 bits per heavy atom. The number of carboxylic acid groups (broad SMARTS) is 1. The Morgan fingerprint density at radius 1 is 1.29 bits per heavy atom. The molecule has 1 amide bonds. The molecule has 0 bridgehead atoms. The van der Waals surface area contributed by atoms with Gasteiger partial charge < -0.3 is 14.7 Å². The van der Waals surface area contributed by atoms with Gasteiger partial charge in [0.15, 0.2) is 5.76 Å². The van der Waals surface area contributed by atoms with Crippen LogP contribution in [0, 0.1) is 5.92 Å². The summed E-state index contributed by atoms with van der Waals surface area (Å²) in [5.74, 6) is -1.16. The van der Waals surface area contributed by atoms with E-state index >= 15 is 0 Å². The Balaban J connectivity index is 1.50. The van der Waals surface area contributed by atoms with Crippen molar-refractivity contribution in [2.45, 2.75) is 48.2 Å². The molecule has 1 aromatic rings. The summed E-state index contributed by atoms with van der Waals surface area (Å²) in [4.78, 5) is 26.4. The van der Waals surface area contributed by atoms with Crippen LogP contribution >= 0.6 is 20.7 Å². The smallest absolute Gasteiger partial charge is 0.326 e. The van der Waals surface area contributed by atoms with Crippen LogP contribution in [-0.4, -0.2) is 39.0 Å². The van der Waals surface area contributed by atoms with Gasteiger partial charge in [0.1, 0.15) is 12.1 Å². The quantitative estimate of drug-likeness (QED) is 0.326. The minimum absolute atomic E-state index is 0.0894. The van der Waals surface area contributed by atoms with Crippen molar-refractivity contribution >= 4 is 37.1 Å². The second-order valence-corrected chi connectivity index (χ2v) is 10.2. The van der Waals surface area contributed by atoms with Crippen molar-refractivity contribution in [2.24, 2.45) is 5.92 Å². The van der Waals surface area contributed by atoms with Crippen LogP contribution in [0.4, 0.5) is 8.78 Å². The minimum Gasteiger partial charge on any atom is -0.480 e. The summed E-state index contributed by atoms with van der Waals surface area (Å²) in [6.45, 7) is 0.292. The number of alkyl halides is 3. The van der Waals surface area contributed by atoms with Gasteiger partial charge in [0.25, 0.3) is 5.91 Å². The third-order valence-electron chi connectivity index (χ3n) is 6.22. The predicted octanol–water partition coefficient (Wildman–Crippen LogP) is 4.90. The molecule has 1 saturated heterocycles. The summed E-state index contributed by atoms with van der Waals surface area (Å²) in [7, 11) is 0. The van der Waals surface area contributed by atoms with E-state index in [-0.39, 0.29) is 17.2 Å². The molecule has 2 aliphatic heterocycles. The molecule has 3 atom stereocenters. The zero-order chi connectivity index (χ0) is 22.2. The Kier molecular flexibility index (Phi) is 6.27. The Morgan fingerprint density at radius 3 is 2.84 bits per heavy atom. The van der Waals surface area contributed by atoms with E-state index in [9.17, 15) is 23.5 Å². The minimum atomic E-state index is -2.92. The lowest BCUT2D eigenvalue weighted by molar-refractivity contribution is -0.151. The fraction of sp³-hybridized carbons (Fsp3) is 0.435. The number of ether oxygens (including phenoxy) is 1. The topological polar surface area (TPSA) is 66.8 Å². The third kappa shape index (κ3) is 4.44. The number of hydrogen-bond acceptors (Lipinski definition) is 3. The molecule has 4 rings (SSSR count). The molecule has 8 heteroatoms. The lowest BCUT2D eigenvalue weighted by Gasteiger charge is -2.40. The van der Waals surface area contributed by atoms with Crippen molar-refractivity contribution in [1.82, 2.24) is 4.90 Å². The maximum atomic E-state index is 14.1. The monoisotopic (exact) mass is 543 g/mol. The number of amides is 1. The van der Waals surface area contributed by atoms with Crippen LogP contribution in [0.3, 0.4) is 0 Å². The first-order valence-corrected chi connectivity index (χ1v) is 12.9. The molecule has 1 aliphatic carbocycles. The largest absolute Gasteiger partial charge is 0.480 e. The maximum absolute atomic E-state index is 14.1. The highest BCUT2D eigenvalue weighted by molar-refractivity contribution is 14.2. The normalized spacial score (nSPS) is 25.9. The summed E-state index contributed by atoms with van der Waals surface area (Å²) in [5, 5.41) is 9.70. The molecule has 1 fully saturated rings. The van der Waals surface area contributed by atoms with Crippen LogP contribution in [0.25, 0.3) is 0 Å². The van der Waals surface area contributed by atoms with Gasteiger partial charge in [-0.1, -0.05) is 34.4 Å². The molecule has 1 N–H and O–H groups in total. The number of benzene rings is 1. The number of rotatable bonds is 5. The number of likely N-dealkylation sites (tertiary alicyclic amines) is 1. The van der Waals surface area contributed by atoms with E-state index in [4.69, 9.17) is 4.74 Å². The Labute approximate surface area is 189 Å². The van der Waals surface area contributed by atoms with Crippen LogP contribution < -0.4 is 0 Å². The van der Waals surface area contributed by atoms with Crippen molar-refractivity contribution in [3.05, 3.63) is 58.9 Å². The van der Waals surface area contributed by atoms with Gasteiger partial charge in [-0.15, -0.1) is 0 Å². The van der Waals surface area contributed by atoms with E-state index in [1.807, 2.05) is 0 Å². The average molecular weight is 543 g/mol. The number of allylic oxidation sites excluding steroid dienone is 1. The lowest BCUT2D eigenvalue weighted by atomic mass is 9.79. The number of carbonyl (C=O) groups is 2. The standard InChI is InChI=1S/C23H24F2INO4/c1-26-23(24,25)17-8-4-7-15(11-17)19-9-10-20(31-19)21(28)27-13-16-6-3-2-5-14(16)12-18(27)22(29)30/h4,6-8,10-11,14,18-19H,1-3,5,9,12-13H2,(H,29,30). The van der Waals surface area contributed by atoms with Gasteiger partial charge in [0.05, 0.1) is 0 Å².